The quantitative estimate of drug-likeness (QED) is 0.784. The molecule has 1 N–H and O–H groups in total. The molecule has 3 nitrogen and oxygen atoms in total. The molecule has 0 amide bonds. The number of hydrogen-bond acceptors (Lipinski definition) is 1. The molecule has 1 aromatic heterocycles. The summed E-state index contributed by atoms with van der Waals surface area (Å²) >= 11 is 5.80. The summed E-state index contributed by atoms with van der Waals surface area (Å²) in [5.41, 5.74) is 1.15. The Kier molecular flexibility index (Phi) is 1.97. The number of aromatic carboxylic acids is 1. The van der Waals surface area contributed by atoms with E-state index in [9.17, 15) is 4.79 Å². The Hall–Kier alpha value is -1.48. The summed E-state index contributed by atoms with van der Waals surface area (Å²) in [6.45, 7) is 0. The summed E-state index contributed by atoms with van der Waals surface area (Å²) in [7, 11) is 1.81. The van der Waals surface area contributed by atoms with Gasteiger partial charge in [-0.05, 0) is 18.2 Å². The molecular weight excluding hydrogens is 202 g/mol. The number of nitrogens with zero attached hydrogens (tertiary/aromatic N) is 1. The number of aryl methyl sites for hydroxylation is 1. The lowest BCUT2D eigenvalue weighted by Crippen LogP contribution is -1.93. The van der Waals surface area contributed by atoms with Crippen molar-refractivity contribution in [1.29, 1.82) is 0 Å². The molecule has 0 unspecified atom stereocenters. The molecule has 2 rings (SSSR count). The first-order valence-electron chi connectivity index (χ1n) is 4.07. The van der Waals surface area contributed by atoms with Gasteiger partial charge in [0.15, 0.2) is 0 Å². The van der Waals surface area contributed by atoms with E-state index in [4.69, 9.17) is 16.7 Å². The van der Waals surface area contributed by atoms with Crippen LogP contribution in [0.3, 0.4) is 0 Å². The van der Waals surface area contributed by atoms with Gasteiger partial charge < -0.3 is 9.67 Å². The van der Waals surface area contributed by atoms with Gasteiger partial charge in [0.2, 0.25) is 0 Å². The fourth-order valence-electron chi connectivity index (χ4n) is 1.53. The fraction of sp³-hybridized carbons (Fsp3) is 0.100. The van der Waals surface area contributed by atoms with Gasteiger partial charge in [0.1, 0.15) is 0 Å². The average molecular weight is 210 g/mol. The summed E-state index contributed by atoms with van der Waals surface area (Å²) in [6, 6.07) is 5.22. The molecule has 0 spiro atoms. The summed E-state index contributed by atoms with van der Waals surface area (Å²) in [4.78, 5) is 10.9. The van der Waals surface area contributed by atoms with Gasteiger partial charge in [-0.3, -0.25) is 0 Å². The Morgan fingerprint density at radius 3 is 2.86 bits per heavy atom. The zero-order chi connectivity index (χ0) is 10.3. The highest BCUT2D eigenvalue weighted by Gasteiger charge is 2.12. The topological polar surface area (TPSA) is 42.2 Å². The second kappa shape index (κ2) is 3.03. The molecule has 0 aliphatic rings. The van der Waals surface area contributed by atoms with Gasteiger partial charge in [0, 0.05) is 29.2 Å². The van der Waals surface area contributed by atoms with Gasteiger partial charge in [-0.1, -0.05) is 11.6 Å². The monoisotopic (exact) mass is 209 g/mol. The van der Waals surface area contributed by atoms with E-state index >= 15 is 0 Å². The third kappa shape index (κ3) is 1.26. The van der Waals surface area contributed by atoms with E-state index < -0.39 is 5.97 Å². The van der Waals surface area contributed by atoms with Gasteiger partial charge >= 0.3 is 5.97 Å². The number of benzene rings is 1. The van der Waals surface area contributed by atoms with Crippen molar-refractivity contribution in [3.05, 3.63) is 35.0 Å². The Balaban J connectivity index is 2.85. The third-order valence-corrected chi connectivity index (χ3v) is 2.42. The van der Waals surface area contributed by atoms with E-state index in [-0.39, 0.29) is 5.56 Å². The van der Waals surface area contributed by atoms with E-state index in [1.165, 1.54) is 0 Å². The molecule has 0 atom stereocenters. The predicted molar refractivity (Wildman–Crippen MR) is 54.9 cm³/mol. The van der Waals surface area contributed by atoms with Gasteiger partial charge in [-0.15, -0.1) is 0 Å². The SMILES string of the molecule is Cn1cc(C(=O)O)c2cc(Cl)ccc21. The minimum Gasteiger partial charge on any atom is -0.478 e. The minimum atomic E-state index is -0.933. The molecule has 0 saturated carbocycles. The average Bonchev–Trinajstić information content (AvgIpc) is 2.43. The minimum absolute atomic E-state index is 0.282. The van der Waals surface area contributed by atoms with Gasteiger partial charge in [-0.25, -0.2) is 4.79 Å². The number of fused-ring (bicyclic) bond motifs is 1. The molecule has 1 aromatic carbocycles. The van der Waals surface area contributed by atoms with Crippen LogP contribution in [-0.2, 0) is 7.05 Å². The summed E-state index contributed by atoms with van der Waals surface area (Å²) in [6.07, 6.45) is 1.59. The van der Waals surface area contributed by atoms with Crippen LogP contribution in [0.15, 0.2) is 24.4 Å². The van der Waals surface area contributed by atoms with Crippen molar-refractivity contribution < 1.29 is 9.90 Å². The Morgan fingerprint density at radius 1 is 1.50 bits per heavy atom. The van der Waals surface area contributed by atoms with E-state index in [1.54, 1.807) is 22.9 Å². The number of halogens is 1. The molecule has 4 heteroatoms. The zero-order valence-corrected chi connectivity index (χ0v) is 8.25. The van der Waals surface area contributed by atoms with Crippen LogP contribution in [0.4, 0.5) is 0 Å². The maximum absolute atomic E-state index is 10.9. The van der Waals surface area contributed by atoms with Crippen molar-refractivity contribution in [2.24, 2.45) is 7.05 Å². The third-order valence-electron chi connectivity index (χ3n) is 2.18. The second-order valence-electron chi connectivity index (χ2n) is 3.12. The summed E-state index contributed by atoms with van der Waals surface area (Å²) in [5, 5.41) is 10.2. The molecular formula is C10H8ClNO2. The van der Waals surface area contributed by atoms with Crippen molar-refractivity contribution in [3.63, 3.8) is 0 Å². The number of carboxylic acids is 1. The second-order valence-corrected chi connectivity index (χ2v) is 3.56. The lowest BCUT2D eigenvalue weighted by Gasteiger charge is -1.95. The van der Waals surface area contributed by atoms with Crippen LogP contribution < -0.4 is 0 Å². The van der Waals surface area contributed by atoms with Crippen molar-refractivity contribution in [2.75, 3.05) is 0 Å². The number of carbonyl (C=O) groups is 1. The maximum atomic E-state index is 10.9. The van der Waals surface area contributed by atoms with Gasteiger partial charge in [-0.2, -0.15) is 0 Å². The van der Waals surface area contributed by atoms with Crippen LogP contribution in [-0.4, -0.2) is 15.6 Å². The molecule has 0 radical (unpaired) electrons. The van der Waals surface area contributed by atoms with E-state index in [0.29, 0.717) is 10.4 Å². The van der Waals surface area contributed by atoms with E-state index in [2.05, 4.69) is 0 Å². The molecule has 0 saturated heterocycles. The lowest BCUT2D eigenvalue weighted by atomic mass is 10.2. The summed E-state index contributed by atoms with van der Waals surface area (Å²) < 4.78 is 1.77. The molecule has 1 heterocycles. The normalized spacial score (nSPS) is 10.7. The Bertz CT molecular complexity index is 516. The van der Waals surface area contributed by atoms with Crippen LogP contribution >= 0.6 is 11.6 Å². The highest BCUT2D eigenvalue weighted by atomic mass is 35.5. The van der Waals surface area contributed by atoms with Crippen LogP contribution in [0.1, 0.15) is 10.4 Å². The zero-order valence-electron chi connectivity index (χ0n) is 7.49. The highest BCUT2D eigenvalue weighted by Crippen LogP contribution is 2.24. The predicted octanol–water partition coefficient (Wildman–Crippen LogP) is 2.53. The highest BCUT2D eigenvalue weighted by molar-refractivity contribution is 6.31. The Labute approximate surface area is 85.5 Å². The first-order chi connectivity index (χ1) is 6.59. The molecule has 0 aliphatic heterocycles. The summed E-state index contributed by atoms with van der Waals surface area (Å²) in [5.74, 6) is -0.933. The van der Waals surface area contributed by atoms with Crippen molar-refractivity contribution >= 4 is 28.5 Å². The van der Waals surface area contributed by atoms with Crippen LogP contribution in [0.2, 0.25) is 5.02 Å². The van der Waals surface area contributed by atoms with Crippen molar-refractivity contribution in [2.45, 2.75) is 0 Å². The maximum Gasteiger partial charge on any atom is 0.337 e. The molecule has 14 heavy (non-hydrogen) atoms. The first-order valence-corrected chi connectivity index (χ1v) is 4.45. The van der Waals surface area contributed by atoms with Crippen molar-refractivity contribution in [3.8, 4) is 0 Å². The lowest BCUT2D eigenvalue weighted by molar-refractivity contribution is 0.0699. The van der Waals surface area contributed by atoms with Gasteiger partial charge in [0.05, 0.1) is 5.56 Å². The molecule has 0 fully saturated rings. The van der Waals surface area contributed by atoms with Crippen LogP contribution in [0.25, 0.3) is 10.9 Å². The Morgan fingerprint density at radius 2 is 2.21 bits per heavy atom. The number of rotatable bonds is 1. The molecule has 72 valence electrons. The van der Waals surface area contributed by atoms with Crippen molar-refractivity contribution in [1.82, 2.24) is 4.57 Å². The number of aromatic nitrogens is 1. The largest absolute Gasteiger partial charge is 0.478 e. The number of hydrogen-bond donors (Lipinski definition) is 1. The smallest absolute Gasteiger partial charge is 0.337 e. The van der Waals surface area contributed by atoms with E-state index in [1.807, 2.05) is 13.1 Å². The standard InChI is InChI=1S/C10H8ClNO2/c1-12-5-8(10(13)14)7-4-6(11)2-3-9(7)12/h2-5H,1H3,(H,13,14). The number of carboxylic acid groups (broad SMARTS) is 1. The van der Waals surface area contributed by atoms with Crippen LogP contribution in [0.5, 0.6) is 0 Å². The molecule has 0 aliphatic carbocycles. The molecule has 0 bridgehead atoms. The molecule has 2 aromatic rings. The fourth-order valence-corrected chi connectivity index (χ4v) is 1.71. The van der Waals surface area contributed by atoms with E-state index in [0.717, 1.165) is 5.52 Å². The first kappa shape index (κ1) is 9.09. The van der Waals surface area contributed by atoms with Gasteiger partial charge in [0.25, 0.3) is 0 Å². The van der Waals surface area contributed by atoms with Crippen LogP contribution in [0, 0.1) is 0 Å².